The zero-order valence-electron chi connectivity index (χ0n) is 12.3. The molecule has 20 heavy (non-hydrogen) atoms. The fourth-order valence-corrected chi connectivity index (χ4v) is 2.68. The molecule has 0 radical (unpaired) electrons. The molecule has 0 aliphatic carbocycles. The Morgan fingerprint density at radius 1 is 1.30 bits per heavy atom. The van der Waals surface area contributed by atoms with E-state index < -0.39 is 0 Å². The molecule has 2 unspecified atom stereocenters. The van der Waals surface area contributed by atoms with Crippen LogP contribution < -0.4 is 0 Å². The first kappa shape index (κ1) is 14.6. The topological polar surface area (TPSA) is 84.2 Å². The second-order valence-corrected chi connectivity index (χ2v) is 4.97. The molecule has 0 aromatic carbocycles. The van der Waals surface area contributed by atoms with E-state index in [-0.39, 0.29) is 30.4 Å². The highest BCUT2D eigenvalue weighted by atomic mass is 16.2. The van der Waals surface area contributed by atoms with Gasteiger partial charge in [0.15, 0.2) is 5.82 Å². The van der Waals surface area contributed by atoms with Crippen molar-refractivity contribution in [3.05, 3.63) is 5.82 Å². The summed E-state index contributed by atoms with van der Waals surface area (Å²) in [6, 6.07) is -0.444. The Balaban J connectivity index is 2.35. The number of imide groups is 1. The first-order valence-corrected chi connectivity index (χ1v) is 6.79. The second-order valence-electron chi connectivity index (χ2n) is 4.97. The van der Waals surface area contributed by atoms with E-state index in [0.29, 0.717) is 12.2 Å². The number of likely N-dealkylation sites (N-methyl/N-ethyl adjacent to an activating group) is 1. The molecule has 0 spiro atoms. The van der Waals surface area contributed by atoms with Crippen molar-refractivity contribution in [2.75, 3.05) is 13.6 Å². The summed E-state index contributed by atoms with van der Waals surface area (Å²) >= 11 is 0. The Hall–Kier alpha value is -1.83. The van der Waals surface area contributed by atoms with Crippen LogP contribution in [-0.2, 0) is 16.6 Å². The van der Waals surface area contributed by atoms with Gasteiger partial charge in [-0.1, -0.05) is 13.8 Å². The van der Waals surface area contributed by atoms with Crippen LogP contribution in [0, 0.1) is 0 Å². The lowest BCUT2D eigenvalue weighted by atomic mass is 10.0. The molecule has 2 rings (SSSR count). The SMILES string of the molecule is CCC1C(=O)N(C)C(=O)CN1C(CC)c1nnnn1C. The number of piperazine rings is 1. The number of hydrogen-bond acceptors (Lipinski definition) is 6. The molecule has 110 valence electrons. The van der Waals surface area contributed by atoms with Gasteiger partial charge in [-0.3, -0.25) is 19.4 Å². The minimum absolute atomic E-state index is 0.137. The van der Waals surface area contributed by atoms with E-state index in [1.54, 1.807) is 11.7 Å². The van der Waals surface area contributed by atoms with Crippen molar-refractivity contribution in [1.82, 2.24) is 30.0 Å². The lowest BCUT2D eigenvalue weighted by Crippen LogP contribution is -2.59. The summed E-state index contributed by atoms with van der Waals surface area (Å²) in [5, 5.41) is 11.5. The molecule has 0 bridgehead atoms. The van der Waals surface area contributed by atoms with Gasteiger partial charge in [0.1, 0.15) is 0 Å². The van der Waals surface area contributed by atoms with Crippen molar-refractivity contribution in [2.24, 2.45) is 7.05 Å². The maximum atomic E-state index is 12.3. The molecule has 2 atom stereocenters. The third kappa shape index (κ3) is 2.31. The molecule has 8 heteroatoms. The molecule has 1 aliphatic heterocycles. The fourth-order valence-electron chi connectivity index (χ4n) is 2.68. The molecule has 2 amide bonds. The molecule has 1 aromatic heterocycles. The number of carbonyl (C=O) groups is 2. The van der Waals surface area contributed by atoms with Crippen LogP contribution >= 0.6 is 0 Å². The lowest BCUT2D eigenvalue weighted by molar-refractivity contribution is -0.156. The number of hydrogen-bond donors (Lipinski definition) is 0. The van der Waals surface area contributed by atoms with Crippen LogP contribution in [0.4, 0.5) is 0 Å². The second kappa shape index (κ2) is 5.66. The predicted octanol–water partition coefficient (Wildman–Crippen LogP) is -0.260. The quantitative estimate of drug-likeness (QED) is 0.707. The fraction of sp³-hybridized carbons (Fsp3) is 0.750. The third-order valence-corrected chi connectivity index (χ3v) is 3.83. The summed E-state index contributed by atoms with van der Waals surface area (Å²) in [5.41, 5.74) is 0. The van der Waals surface area contributed by atoms with Crippen molar-refractivity contribution in [1.29, 1.82) is 0 Å². The Morgan fingerprint density at radius 3 is 2.50 bits per heavy atom. The molecular formula is C12H20N6O2. The van der Waals surface area contributed by atoms with E-state index >= 15 is 0 Å². The van der Waals surface area contributed by atoms with Gasteiger partial charge < -0.3 is 0 Å². The first-order valence-electron chi connectivity index (χ1n) is 6.79. The predicted molar refractivity (Wildman–Crippen MR) is 70.4 cm³/mol. The smallest absolute Gasteiger partial charge is 0.246 e. The van der Waals surface area contributed by atoms with Crippen LogP contribution in [0.25, 0.3) is 0 Å². The van der Waals surface area contributed by atoms with Gasteiger partial charge in [0.05, 0.1) is 18.6 Å². The van der Waals surface area contributed by atoms with Crippen molar-refractivity contribution < 1.29 is 9.59 Å². The largest absolute Gasteiger partial charge is 0.283 e. The van der Waals surface area contributed by atoms with Crippen LogP contribution in [0.15, 0.2) is 0 Å². The Kier molecular flexibility index (Phi) is 4.12. The van der Waals surface area contributed by atoms with E-state index in [2.05, 4.69) is 15.5 Å². The number of tetrazole rings is 1. The van der Waals surface area contributed by atoms with Crippen molar-refractivity contribution in [3.63, 3.8) is 0 Å². The standard InChI is InChI=1S/C12H20N6O2/c1-5-8(11-13-14-15-17(11)4)18-7-10(19)16(3)12(20)9(18)6-2/h8-9H,5-7H2,1-4H3. The summed E-state index contributed by atoms with van der Waals surface area (Å²) in [7, 11) is 3.30. The van der Waals surface area contributed by atoms with Gasteiger partial charge >= 0.3 is 0 Å². The van der Waals surface area contributed by atoms with Crippen LogP contribution in [0.1, 0.15) is 38.6 Å². The number of nitrogens with zero attached hydrogens (tertiary/aromatic N) is 6. The molecule has 0 N–H and O–H groups in total. The van der Waals surface area contributed by atoms with Crippen molar-refractivity contribution in [2.45, 2.75) is 38.8 Å². The van der Waals surface area contributed by atoms with E-state index in [4.69, 9.17) is 0 Å². The maximum absolute atomic E-state index is 12.3. The summed E-state index contributed by atoms with van der Waals surface area (Å²) in [6.45, 7) is 4.16. The molecule has 1 aliphatic rings. The molecule has 2 heterocycles. The Bertz CT molecular complexity index is 514. The van der Waals surface area contributed by atoms with E-state index in [0.717, 1.165) is 6.42 Å². The van der Waals surface area contributed by atoms with Crippen LogP contribution in [0.3, 0.4) is 0 Å². The Morgan fingerprint density at radius 2 is 2.00 bits per heavy atom. The van der Waals surface area contributed by atoms with Gasteiger partial charge in [0.2, 0.25) is 11.8 Å². The summed E-state index contributed by atoms with van der Waals surface area (Å²) in [6.07, 6.45) is 1.38. The monoisotopic (exact) mass is 280 g/mol. The minimum atomic E-state index is -0.306. The maximum Gasteiger partial charge on any atom is 0.246 e. The third-order valence-electron chi connectivity index (χ3n) is 3.83. The molecule has 1 saturated heterocycles. The van der Waals surface area contributed by atoms with Crippen LogP contribution in [0.5, 0.6) is 0 Å². The normalized spacial score (nSPS) is 22.4. The average Bonchev–Trinajstić information content (AvgIpc) is 2.84. The molecule has 0 saturated carbocycles. The highest BCUT2D eigenvalue weighted by molar-refractivity contribution is 6.00. The van der Waals surface area contributed by atoms with E-state index in [9.17, 15) is 9.59 Å². The van der Waals surface area contributed by atoms with Gasteiger partial charge in [0.25, 0.3) is 0 Å². The van der Waals surface area contributed by atoms with Crippen LogP contribution in [0.2, 0.25) is 0 Å². The first-order chi connectivity index (χ1) is 9.51. The number of amides is 2. The van der Waals surface area contributed by atoms with E-state index in [1.807, 2.05) is 18.7 Å². The van der Waals surface area contributed by atoms with Crippen molar-refractivity contribution >= 4 is 11.8 Å². The van der Waals surface area contributed by atoms with Gasteiger partial charge in [-0.2, -0.15) is 0 Å². The summed E-state index contributed by atoms with van der Waals surface area (Å²) in [5.74, 6) is 0.335. The molecule has 1 aromatic rings. The zero-order chi connectivity index (χ0) is 14.9. The van der Waals surface area contributed by atoms with Crippen LogP contribution in [-0.4, -0.2) is 61.5 Å². The number of carbonyl (C=O) groups excluding carboxylic acids is 2. The minimum Gasteiger partial charge on any atom is -0.283 e. The lowest BCUT2D eigenvalue weighted by Gasteiger charge is -2.41. The average molecular weight is 280 g/mol. The van der Waals surface area contributed by atoms with E-state index in [1.165, 1.54) is 11.9 Å². The number of aromatic nitrogens is 4. The Labute approximate surface area is 117 Å². The summed E-state index contributed by atoms with van der Waals surface area (Å²) in [4.78, 5) is 27.3. The van der Waals surface area contributed by atoms with Gasteiger partial charge in [0, 0.05) is 14.1 Å². The van der Waals surface area contributed by atoms with Crippen molar-refractivity contribution in [3.8, 4) is 0 Å². The molecule has 1 fully saturated rings. The number of rotatable bonds is 4. The number of aryl methyl sites for hydroxylation is 1. The van der Waals surface area contributed by atoms with Gasteiger partial charge in [-0.05, 0) is 23.3 Å². The highest BCUT2D eigenvalue weighted by Crippen LogP contribution is 2.28. The highest BCUT2D eigenvalue weighted by Gasteiger charge is 2.41. The molecule has 8 nitrogen and oxygen atoms in total. The van der Waals surface area contributed by atoms with Gasteiger partial charge in [-0.25, -0.2) is 4.68 Å². The van der Waals surface area contributed by atoms with Gasteiger partial charge in [-0.15, -0.1) is 5.10 Å². The molecular weight excluding hydrogens is 260 g/mol. The summed E-state index contributed by atoms with van der Waals surface area (Å²) < 4.78 is 1.59. The zero-order valence-corrected chi connectivity index (χ0v) is 12.3.